The van der Waals surface area contributed by atoms with E-state index in [1.807, 2.05) is 13.0 Å². The topological polar surface area (TPSA) is 79.1 Å². The number of hydrogen-bond acceptors (Lipinski definition) is 7. The van der Waals surface area contributed by atoms with Crippen LogP contribution in [0.4, 0.5) is 0 Å². The number of aryl methyl sites for hydroxylation is 1. The number of likely N-dealkylation sites (tertiary alicyclic amines) is 1. The number of esters is 1. The quantitative estimate of drug-likeness (QED) is 0.685. The summed E-state index contributed by atoms with van der Waals surface area (Å²) in [5.74, 6) is 0.646. The van der Waals surface area contributed by atoms with Crippen LogP contribution in [0.25, 0.3) is 0 Å². The van der Waals surface area contributed by atoms with Gasteiger partial charge in [-0.05, 0) is 33.1 Å². The van der Waals surface area contributed by atoms with Crippen molar-refractivity contribution in [1.82, 2.24) is 19.9 Å². The van der Waals surface area contributed by atoms with Crippen LogP contribution in [0.15, 0.2) is 10.6 Å². The molecule has 1 aromatic heterocycles. The predicted octanol–water partition coefficient (Wildman–Crippen LogP) is 1.04. The standard InChI is InChI=1S/C19H30N4O4/c1-3-26-19(25)17-6-4-5-7-23(17)18(24)14-22-10-8-21(9-11-22)13-16-12-15(2)20-27-16/h12,17H,3-11,13-14H2,1-2H3. The van der Waals surface area contributed by atoms with Crippen LogP contribution in [0.2, 0.25) is 0 Å². The number of carbonyl (C=O) groups is 2. The van der Waals surface area contributed by atoms with Gasteiger partial charge in [0.05, 0.1) is 25.4 Å². The third-order valence-electron chi connectivity index (χ3n) is 5.26. The number of piperidine rings is 1. The van der Waals surface area contributed by atoms with E-state index in [1.54, 1.807) is 11.8 Å². The van der Waals surface area contributed by atoms with Crippen molar-refractivity contribution in [2.24, 2.45) is 0 Å². The number of piperazine rings is 1. The minimum atomic E-state index is -0.415. The fourth-order valence-electron chi connectivity index (χ4n) is 3.81. The van der Waals surface area contributed by atoms with Gasteiger partial charge in [-0.2, -0.15) is 0 Å². The highest BCUT2D eigenvalue weighted by molar-refractivity contribution is 5.85. The molecule has 2 saturated heterocycles. The third-order valence-corrected chi connectivity index (χ3v) is 5.26. The third kappa shape index (κ3) is 5.29. The number of aromatic nitrogens is 1. The first kappa shape index (κ1) is 19.8. The molecule has 0 aliphatic carbocycles. The van der Waals surface area contributed by atoms with Gasteiger partial charge < -0.3 is 14.2 Å². The number of amides is 1. The Kier molecular flexibility index (Phi) is 6.84. The number of nitrogens with zero attached hydrogens (tertiary/aromatic N) is 4. The Morgan fingerprint density at radius 1 is 1.19 bits per heavy atom. The van der Waals surface area contributed by atoms with Crippen LogP contribution in [0, 0.1) is 6.92 Å². The molecule has 0 spiro atoms. The van der Waals surface area contributed by atoms with Gasteiger partial charge in [0.2, 0.25) is 5.91 Å². The first-order valence-electron chi connectivity index (χ1n) is 9.90. The molecular weight excluding hydrogens is 348 g/mol. The van der Waals surface area contributed by atoms with Gasteiger partial charge in [0.25, 0.3) is 0 Å². The fourth-order valence-corrected chi connectivity index (χ4v) is 3.81. The average Bonchev–Trinajstić information content (AvgIpc) is 3.08. The van der Waals surface area contributed by atoms with Crippen molar-refractivity contribution < 1.29 is 18.8 Å². The number of ether oxygens (including phenoxy) is 1. The molecule has 1 atom stereocenters. The maximum atomic E-state index is 12.8. The summed E-state index contributed by atoms with van der Waals surface area (Å²) in [5.41, 5.74) is 0.895. The normalized spacial score (nSPS) is 22.0. The van der Waals surface area contributed by atoms with Crippen molar-refractivity contribution in [2.45, 2.75) is 45.7 Å². The highest BCUT2D eigenvalue weighted by Crippen LogP contribution is 2.19. The maximum absolute atomic E-state index is 12.8. The van der Waals surface area contributed by atoms with Crippen molar-refractivity contribution in [3.05, 3.63) is 17.5 Å². The van der Waals surface area contributed by atoms with E-state index in [-0.39, 0.29) is 11.9 Å². The summed E-state index contributed by atoms with van der Waals surface area (Å²) in [6, 6.07) is 1.55. The monoisotopic (exact) mass is 378 g/mol. The Hall–Kier alpha value is -1.93. The second-order valence-electron chi connectivity index (χ2n) is 7.34. The molecular formula is C19H30N4O4. The number of hydrogen-bond donors (Lipinski definition) is 0. The van der Waals surface area contributed by atoms with Crippen molar-refractivity contribution in [2.75, 3.05) is 45.9 Å². The van der Waals surface area contributed by atoms with Crippen molar-refractivity contribution in [3.8, 4) is 0 Å². The molecule has 2 aliphatic rings. The summed E-state index contributed by atoms with van der Waals surface area (Å²) in [6.07, 6.45) is 2.62. The minimum absolute atomic E-state index is 0.0343. The zero-order chi connectivity index (χ0) is 19.2. The summed E-state index contributed by atoms with van der Waals surface area (Å²) < 4.78 is 10.4. The fraction of sp³-hybridized carbons (Fsp3) is 0.737. The van der Waals surface area contributed by atoms with Crippen LogP contribution in [-0.4, -0.2) is 83.7 Å². The molecule has 150 valence electrons. The second-order valence-corrected chi connectivity index (χ2v) is 7.34. The molecule has 2 aliphatic heterocycles. The molecule has 8 nitrogen and oxygen atoms in total. The second kappa shape index (κ2) is 9.32. The average molecular weight is 378 g/mol. The molecule has 8 heteroatoms. The van der Waals surface area contributed by atoms with Crippen LogP contribution in [0.5, 0.6) is 0 Å². The minimum Gasteiger partial charge on any atom is -0.464 e. The Labute approximate surface area is 160 Å². The van der Waals surface area contributed by atoms with Crippen LogP contribution in [0.3, 0.4) is 0 Å². The molecule has 3 heterocycles. The Bertz CT molecular complexity index is 639. The summed E-state index contributed by atoms with van der Waals surface area (Å²) in [6.45, 7) is 9.26. The first-order chi connectivity index (χ1) is 13.1. The van der Waals surface area contributed by atoms with Gasteiger partial charge in [0.1, 0.15) is 6.04 Å². The van der Waals surface area contributed by atoms with Gasteiger partial charge in [-0.15, -0.1) is 0 Å². The van der Waals surface area contributed by atoms with Crippen molar-refractivity contribution in [1.29, 1.82) is 0 Å². The predicted molar refractivity (Wildman–Crippen MR) is 98.9 cm³/mol. The number of carbonyl (C=O) groups excluding carboxylic acids is 2. The van der Waals surface area contributed by atoms with Crippen LogP contribution < -0.4 is 0 Å². The van der Waals surface area contributed by atoms with Gasteiger partial charge in [-0.3, -0.25) is 14.6 Å². The smallest absolute Gasteiger partial charge is 0.328 e. The van der Waals surface area contributed by atoms with E-state index in [0.717, 1.165) is 57.0 Å². The molecule has 3 rings (SSSR count). The molecule has 0 radical (unpaired) electrons. The van der Waals surface area contributed by atoms with Crippen molar-refractivity contribution in [3.63, 3.8) is 0 Å². The van der Waals surface area contributed by atoms with Crippen LogP contribution in [-0.2, 0) is 20.9 Å². The molecule has 0 N–H and O–H groups in total. The molecule has 1 aromatic rings. The highest BCUT2D eigenvalue weighted by Gasteiger charge is 2.34. The summed E-state index contributed by atoms with van der Waals surface area (Å²) >= 11 is 0. The van der Waals surface area contributed by atoms with E-state index in [4.69, 9.17) is 9.26 Å². The van der Waals surface area contributed by atoms with Gasteiger partial charge in [-0.25, -0.2) is 4.79 Å². The van der Waals surface area contributed by atoms with Crippen LogP contribution in [0.1, 0.15) is 37.6 Å². The number of rotatable bonds is 6. The molecule has 2 fully saturated rings. The molecule has 27 heavy (non-hydrogen) atoms. The summed E-state index contributed by atoms with van der Waals surface area (Å²) in [5, 5.41) is 3.92. The van der Waals surface area contributed by atoms with E-state index in [1.165, 1.54) is 0 Å². The van der Waals surface area contributed by atoms with Gasteiger partial charge in [0, 0.05) is 38.8 Å². The van der Waals surface area contributed by atoms with E-state index in [2.05, 4.69) is 15.0 Å². The van der Waals surface area contributed by atoms with Gasteiger partial charge in [0.15, 0.2) is 5.76 Å². The van der Waals surface area contributed by atoms with Crippen molar-refractivity contribution >= 4 is 11.9 Å². The SMILES string of the molecule is CCOC(=O)C1CCCCN1C(=O)CN1CCN(Cc2cc(C)no2)CC1. The molecule has 1 amide bonds. The van der Waals surface area contributed by atoms with E-state index >= 15 is 0 Å². The van der Waals surface area contributed by atoms with E-state index < -0.39 is 6.04 Å². The van der Waals surface area contributed by atoms with Gasteiger partial charge in [-0.1, -0.05) is 5.16 Å². The molecule has 1 unspecified atom stereocenters. The Balaban J connectivity index is 1.47. The largest absolute Gasteiger partial charge is 0.464 e. The highest BCUT2D eigenvalue weighted by atomic mass is 16.5. The zero-order valence-corrected chi connectivity index (χ0v) is 16.4. The maximum Gasteiger partial charge on any atom is 0.328 e. The zero-order valence-electron chi connectivity index (χ0n) is 16.4. The summed E-state index contributed by atoms with van der Waals surface area (Å²) in [7, 11) is 0. The van der Waals surface area contributed by atoms with Crippen LogP contribution >= 0.6 is 0 Å². The Morgan fingerprint density at radius 3 is 2.59 bits per heavy atom. The first-order valence-corrected chi connectivity index (χ1v) is 9.90. The lowest BCUT2D eigenvalue weighted by molar-refractivity contribution is -0.157. The van der Waals surface area contributed by atoms with Gasteiger partial charge >= 0.3 is 5.97 Å². The van der Waals surface area contributed by atoms with E-state index in [9.17, 15) is 9.59 Å². The Morgan fingerprint density at radius 2 is 1.93 bits per heavy atom. The molecule has 0 saturated carbocycles. The molecule has 0 bridgehead atoms. The summed E-state index contributed by atoms with van der Waals surface area (Å²) in [4.78, 5) is 31.2. The lowest BCUT2D eigenvalue weighted by atomic mass is 10.0. The van der Waals surface area contributed by atoms with E-state index in [0.29, 0.717) is 26.1 Å². The lowest BCUT2D eigenvalue weighted by Crippen LogP contribution is -2.54. The molecule has 0 aromatic carbocycles. The lowest BCUT2D eigenvalue weighted by Gasteiger charge is -2.38.